The Morgan fingerprint density at radius 3 is 2.67 bits per heavy atom. The van der Waals surface area contributed by atoms with E-state index >= 15 is 0 Å². The van der Waals surface area contributed by atoms with Gasteiger partial charge in [-0.25, -0.2) is 0 Å². The molecule has 21 heavy (non-hydrogen) atoms. The van der Waals surface area contributed by atoms with Gasteiger partial charge in [0.05, 0.1) is 0 Å². The molecule has 1 aliphatic heterocycles. The zero-order chi connectivity index (χ0) is 14.5. The van der Waals surface area contributed by atoms with Gasteiger partial charge in [0.2, 0.25) is 0 Å². The van der Waals surface area contributed by atoms with E-state index < -0.39 is 0 Å². The summed E-state index contributed by atoms with van der Waals surface area (Å²) in [7, 11) is 0. The molecule has 6 nitrogen and oxygen atoms in total. The number of nitrogens with zero attached hydrogens (tertiary/aromatic N) is 5. The Hall–Kier alpha value is -1.69. The van der Waals surface area contributed by atoms with Gasteiger partial charge >= 0.3 is 0 Å². The third-order valence-corrected chi connectivity index (χ3v) is 4.08. The quantitative estimate of drug-likeness (QED) is 0.911. The number of anilines is 1. The first kappa shape index (κ1) is 14.3. The summed E-state index contributed by atoms with van der Waals surface area (Å²) < 4.78 is 1.83. The van der Waals surface area contributed by atoms with Crippen LogP contribution in [0.2, 0.25) is 0 Å². The number of hydrogen-bond acceptors (Lipinski definition) is 5. The molecule has 1 fully saturated rings. The van der Waals surface area contributed by atoms with Gasteiger partial charge in [-0.2, -0.15) is 4.52 Å². The Bertz CT molecular complexity index is 571. The van der Waals surface area contributed by atoms with E-state index in [1.165, 1.54) is 38.8 Å². The van der Waals surface area contributed by atoms with E-state index in [1.54, 1.807) is 0 Å². The highest BCUT2D eigenvalue weighted by atomic mass is 15.4. The van der Waals surface area contributed by atoms with Crippen molar-refractivity contribution in [2.75, 3.05) is 31.5 Å². The lowest BCUT2D eigenvalue weighted by Crippen LogP contribution is -2.30. The van der Waals surface area contributed by atoms with Crippen LogP contribution in [-0.4, -0.2) is 50.9 Å². The van der Waals surface area contributed by atoms with Crippen molar-refractivity contribution in [2.24, 2.45) is 0 Å². The molecule has 0 atom stereocenters. The largest absolute Gasteiger partial charge is 0.367 e. The summed E-state index contributed by atoms with van der Waals surface area (Å²) in [5.74, 6) is 1.80. The van der Waals surface area contributed by atoms with Crippen molar-refractivity contribution in [1.29, 1.82) is 0 Å². The van der Waals surface area contributed by atoms with E-state index in [0.717, 1.165) is 36.8 Å². The Kier molecular flexibility index (Phi) is 4.65. The molecule has 0 aromatic carbocycles. The Morgan fingerprint density at radius 2 is 1.90 bits per heavy atom. The number of nitrogens with one attached hydrogen (secondary N) is 1. The van der Waals surface area contributed by atoms with Crippen molar-refractivity contribution < 1.29 is 0 Å². The van der Waals surface area contributed by atoms with Crippen LogP contribution in [0.3, 0.4) is 0 Å². The lowest BCUT2D eigenvalue weighted by Gasteiger charge is -2.19. The van der Waals surface area contributed by atoms with Gasteiger partial charge in [0, 0.05) is 19.5 Å². The van der Waals surface area contributed by atoms with Crippen molar-refractivity contribution in [2.45, 2.75) is 39.0 Å². The third kappa shape index (κ3) is 3.50. The zero-order valence-electron chi connectivity index (χ0n) is 12.8. The summed E-state index contributed by atoms with van der Waals surface area (Å²) in [4.78, 5) is 2.55. The molecule has 0 aliphatic carbocycles. The highest BCUT2D eigenvalue weighted by Gasteiger charge is 2.09. The van der Waals surface area contributed by atoms with Crippen LogP contribution in [0.15, 0.2) is 12.1 Å². The summed E-state index contributed by atoms with van der Waals surface area (Å²) in [6, 6.07) is 3.94. The SMILES string of the molecule is CCc1nnc2ccc(NCCN3CCCCCC3)nn12. The monoisotopic (exact) mass is 288 g/mol. The summed E-state index contributed by atoms with van der Waals surface area (Å²) in [5.41, 5.74) is 0.810. The molecule has 0 bridgehead atoms. The number of aromatic nitrogens is 4. The molecule has 3 rings (SSSR count). The molecular formula is C15H24N6. The first-order chi connectivity index (χ1) is 10.4. The van der Waals surface area contributed by atoms with E-state index in [-0.39, 0.29) is 0 Å². The van der Waals surface area contributed by atoms with Crippen LogP contribution in [0, 0.1) is 0 Å². The minimum absolute atomic E-state index is 0.810. The maximum absolute atomic E-state index is 4.57. The van der Waals surface area contributed by atoms with Gasteiger partial charge in [0.15, 0.2) is 11.5 Å². The first-order valence-corrected chi connectivity index (χ1v) is 8.04. The van der Waals surface area contributed by atoms with Crippen LogP contribution in [0.5, 0.6) is 0 Å². The summed E-state index contributed by atoms with van der Waals surface area (Å²) in [5, 5.41) is 16.2. The van der Waals surface area contributed by atoms with Gasteiger partial charge in [-0.05, 0) is 38.1 Å². The number of fused-ring (bicyclic) bond motifs is 1. The molecule has 1 aliphatic rings. The molecule has 3 heterocycles. The molecule has 2 aromatic rings. The lowest BCUT2D eigenvalue weighted by molar-refractivity contribution is 0.296. The van der Waals surface area contributed by atoms with Crippen LogP contribution >= 0.6 is 0 Å². The first-order valence-electron chi connectivity index (χ1n) is 8.04. The van der Waals surface area contributed by atoms with Crippen LogP contribution in [0.4, 0.5) is 5.82 Å². The van der Waals surface area contributed by atoms with Gasteiger partial charge < -0.3 is 10.2 Å². The van der Waals surface area contributed by atoms with Gasteiger partial charge in [-0.3, -0.25) is 0 Å². The van der Waals surface area contributed by atoms with E-state index in [9.17, 15) is 0 Å². The third-order valence-electron chi connectivity index (χ3n) is 4.08. The van der Waals surface area contributed by atoms with E-state index in [2.05, 4.69) is 32.4 Å². The van der Waals surface area contributed by atoms with Crippen LogP contribution in [0.25, 0.3) is 5.65 Å². The number of likely N-dealkylation sites (tertiary alicyclic amines) is 1. The van der Waals surface area contributed by atoms with Gasteiger partial charge in [-0.15, -0.1) is 15.3 Å². The summed E-state index contributed by atoms with van der Waals surface area (Å²) >= 11 is 0. The van der Waals surface area contributed by atoms with E-state index in [1.807, 2.05) is 16.6 Å². The molecule has 2 aromatic heterocycles. The average Bonchev–Trinajstić information content (AvgIpc) is 2.73. The van der Waals surface area contributed by atoms with Crippen molar-refractivity contribution >= 4 is 11.5 Å². The minimum atomic E-state index is 0.810. The maximum atomic E-state index is 4.57. The Balaban J connectivity index is 1.57. The van der Waals surface area contributed by atoms with Gasteiger partial charge in [0.25, 0.3) is 0 Å². The topological polar surface area (TPSA) is 58.4 Å². The fourth-order valence-electron chi connectivity index (χ4n) is 2.85. The molecule has 1 saturated heterocycles. The normalized spacial score (nSPS) is 17.0. The number of rotatable bonds is 5. The summed E-state index contributed by atoms with van der Waals surface area (Å²) in [6.45, 7) is 6.56. The smallest absolute Gasteiger partial charge is 0.178 e. The summed E-state index contributed by atoms with van der Waals surface area (Å²) in [6.07, 6.45) is 6.28. The Labute approximate surface area is 125 Å². The highest BCUT2D eigenvalue weighted by molar-refractivity contribution is 5.43. The molecule has 0 spiro atoms. The fraction of sp³-hybridized carbons (Fsp3) is 0.667. The molecule has 1 N–H and O–H groups in total. The van der Waals surface area contributed by atoms with E-state index in [4.69, 9.17) is 0 Å². The maximum Gasteiger partial charge on any atom is 0.178 e. The second-order valence-electron chi connectivity index (χ2n) is 5.64. The minimum Gasteiger partial charge on any atom is -0.367 e. The van der Waals surface area contributed by atoms with Crippen molar-refractivity contribution in [3.05, 3.63) is 18.0 Å². The average molecular weight is 288 g/mol. The standard InChI is InChI=1S/C15H24N6/c1-2-14-17-18-15-8-7-13(19-21(14)15)16-9-12-20-10-5-3-4-6-11-20/h7-8H,2-6,9-12H2,1H3,(H,16,19). The van der Waals surface area contributed by atoms with Crippen molar-refractivity contribution in [3.8, 4) is 0 Å². The molecule has 0 amide bonds. The number of aryl methyl sites for hydroxylation is 1. The number of hydrogen-bond donors (Lipinski definition) is 1. The molecule has 6 heteroatoms. The predicted molar refractivity (Wildman–Crippen MR) is 83.6 cm³/mol. The van der Waals surface area contributed by atoms with Crippen LogP contribution in [-0.2, 0) is 6.42 Å². The molecule has 0 saturated carbocycles. The van der Waals surface area contributed by atoms with Gasteiger partial charge in [0.1, 0.15) is 5.82 Å². The van der Waals surface area contributed by atoms with Gasteiger partial charge in [-0.1, -0.05) is 19.8 Å². The predicted octanol–water partition coefficient (Wildman–Crippen LogP) is 1.97. The fourth-order valence-corrected chi connectivity index (χ4v) is 2.85. The lowest BCUT2D eigenvalue weighted by atomic mass is 10.2. The van der Waals surface area contributed by atoms with Crippen molar-refractivity contribution in [1.82, 2.24) is 24.7 Å². The molecular weight excluding hydrogens is 264 g/mol. The highest BCUT2D eigenvalue weighted by Crippen LogP contribution is 2.10. The van der Waals surface area contributed by atoms with Crippen molar-refractivity contribution in [3.63, 3.8) is 0 Å². The second kappa shape index (κ2) is 6.85. The van der Waals surface area contributed by atoms with Crippen LogP contribution in [0.1, 0.15) is 38.4 Å². The molecule has 0 radical (unpaired) electrons. The van der Waals surface area contributed by atoms with Crippen LogP contribution < -0.4 is 5.32 Å². The zero-order valence-corrected chi connectivity index (χ0v) is 12.8. The van der Waals surface area contributed by atoms with E-state index in [0.29, 0.717) is 0 Å². The Morgan fingerprint density at radius 1 is 1.10 bits per heavy atom. The second-order valence-corrected chi connectivity index (χ2v) is 5.64. The molecule has 114 valence electrons. The molecule has 0 unspecified atom stereocenters.